The zero-order chi connectivity index (χ0) is 9.68. The molecule has 0 aliphatic heterocycles. The molecule has 1 rings (SSSR count). The Morgan fingerprint density at radius 3 is 2.31 bits per heavy atom. The SMILES string of the molecule is CCCc1ccc(C)c(CCC)c1. The van der Waals surface area contributed by atoms with E-state index in [4.69, 9.17) is 0 Å². The molecular formula is C13H20. The molecule has 0 heterocycles. The lowest BCUT2D eigenvalue weighted by molar-refractivity contribution is 0.888. The fourth-order valence-electron chi connectivity index (χ4n) is 1.71. The van der Waals surface area contributed by atoms with Crippen molar-refractivity contribution in [3.63, 3.8) is 0 Å². The van der Waals surface area contributed by atoms with Crippen molar-refractivity contribution in [2.45, 2.75) is 46.5 Å². The van der Waals surface area contributed by atoms with Gasteiger partial charge in [-0.1, -0.05) is 44.9 Å². The highest BCUT2D eigenvalue weighted by atomic mass is 14.0. The van der Waals surface area contributed by atoms with Crippen LogP contribution in [0.4, 0.5) is 0 Å². The molecular weight excluding hydrogens is 156 g/mol. The summed E-state index contributed by atoms with van der Waals surface area (Å²) in [6.45, 7) is 6.69. The first-order valence-corrected chi connectivity index (χ1v) is 5.36. The lowest BCUT2D eigenvalue weighted by atomic mass is 9.99. The topological polar surface area (TPSA) is 0 Å². The summed E-state index contributed by atoms with van der Waals surface area (Å²) < 4.78 is 0. The second kappa shape index (κ2) is 5.06. The van der Waals surface area contributed by atoms with Crippen LogP contribution in [0.25, 0.3) is 0 Å². The number of hydrogen-bond donors (Lipinski definition) is 0. The average molecular weight is 176 g/mol. The number of rotatable bonds is 4. The first-order valence-electron chi connectivity index (χ1n) is 5.36. The summed E-state index contributed by atoms with van der Waals surface area (Å²) in [7, 11) is 0. The Balaban J connectivity index is 2.83. The summed E-state index contributed by atoms with van der Waals surface area (Å²) in [5.74, 6) is 0. The molecule has 0 bridgehead atoms. The molecule has 0 saturated heterocycles. The Kier molecular flexibility index (Phi) is 4.01. The second-order valence-corrected chi connectivity index (χ2v) is 3.76. The summed E-state index contributed by atoms with van der Waals surface area (Å²) in [5.41, 5.74) is 4.48. The van der Waals surface area contributed by atoms with Gasteiger partial charge in [-0.15, -0.1) is 0 Å². The van der Waals surface area contributed by atoms with E-state index in [0.29, 0.717) is 0 Å². The van der Waals surface area contributed by atoms with Gasteiger partial charge >= 0.3 is 0 Å². The van der Waals surface area contributed by atoms with Gasteiger partial charge in [0, 0.05) is 0 Å². The molecule has 0 heteroatoms. The van der Waals surface area contributed by atoms with E-state index in [2.05, 4.69) is 39.0 Å². The Morgan fingerprint density at radius 1 is 1.00 bits per heavy atom. The van der Waals surface area contributed by atoms with Gasteiger partial charge in [0.15, 0.2) is 0 Å². The van der Waals surface area contributed by atoms with Crippen LogP contribution < -0.4 is 0 Å². The largest absolute Gasteiger partial charge is 0.0651 e. The monoisotopic (exact) mass is 176 g/mol. The standard InChI is InChI=1S/C13H20/c1-4-6-12-9-8-11(3)13(10-12)7-5-2/h8-10H,4-7H2,1-3H3. The van der Waals surface area contributed by atoms with Gasteiger partial charge in [0.1, 0.15) is 0 Å². The molecule has 0 aromatic heterocycles. The Labute approximate surface area is 82.0 Å². The van der Waals surface area contributed by atoms with E-state index in [1.165, 1.54) is 42.4 Å². The van der Waals surface area contributed by atoms with Crippen molar-refractivity contribution in [1.29, 1.82) is 0 Å². The Morgan fingerprint density at radius 2 is 1.69 bits per heavy atom. The minimum absolute atomic E-state index is 1.22. The van der Waals surface area contributed by atoms with Gasteiger partial charge < -0.3 is 0 Å². The molecule has 0 radical (unpaired) electrons. The van der Waals surface area contributed by atoms with Gasteiger partial charge in [-0.25, -0.2) is 0 Å². The summed E-state index contributed by atoms with van der Waals surface area (Å²) in [5, 5.41) is 0. The molecule has 0 fully saturated rings. The smallest absolute Gasteiger partial charge is 0.0279 e. The van der Waals surface area contributed by atoms with Crippen LogP contribution in [0.3, 0.4) is 0 Å². The van der Waals surface area contributed by atoms with Crippen molar-refractivity contribution in [3.05, 3.63) is 34.9 Å². The molecule has 0 unspecified atom stereocenters. The van der Waals surface area contributed by atoms with Crippen molar-refractivity contribution in [2.24, 2.45) is 0 Å². The molecule has 13 heavy (non-hydrogen) atoms. The van der Waals surface area contributed by atoms with E-state index in [-0.39, 0.29) is 0 Å². The van der Waals surface area contributed by atoms with Gasteiger partial charge in [-0.2, -0.15) is 0 Å². The van der Waals surface area contributed by atoms with Crippen LogP contribution in [0, 0.1) is 6.92 Å². The van der Waals surface area contributed by atoms with E-state index < -0.39 is 0 Å². The Hall–Kier alpha value is -0.780. The molecule has 1 aromatic rings. The van der Waals surface area contributed by atoms with Crippen LogP contribution in [0.2, 0.25) is 0 Å². The van der Waals surface area contributed by atoms with Gasteiger partial charge in [-0.05, 0) is 36.5 Å². The molecule has 0 aliphatic rings. The second-order valence-electron chi connectivity index (χ2n) is 3.76. The van der Waals surface area contributed by atoms with Crippen molar-refractivity contribution in [1.82, 2.24) is 0 Å². The maximum atomic E-state index is 2.38. The predicted molar refractivity (Wildman–Crippen MR) is 59.2 cm³/mol. The third-order valence-corrected chi connectivity index (χ3v) is 2.47. The van der Waals surface area contributed by atoms with E-state index in [1.807, 2.05) is 0 Å². The predicted octanol–water partition coefficient (Wildman–Crippen LogP) is 3.90. The molecule has 0 saturated carbocycles. The van der Waals surface area contributed by atoms with Crippen molar-refractivity contribution >= 4 is 0 Å². The van der Waals surface area contributed by atoms with Gasteiger partial charge in [0.2, 0.25) is 0 Å². The number of benzene rings is 1. The fraction of sp³-hybridized carbons (Fsp3) is 0.538. The maximum Gasteiger partial charge on any atom is -0.0279 e. The molecule has 0 amide bonds. The summed E-state index contributed by atoms with van der Waals surface area (Å²) in [6, 6.07) is 6.90. The normalized spacial score (nSPS) is 10.4. The lowest BCUT2D eigenvalue weighted by Gasteiger charge is -2.07. The number of aryl methyl sites for hydroxylation is 3. The zero-order valence-electron chi connectivity index (χ0n) is 9.06. The Bertz CT molecular complexity index is 261. The quantitative estimate of drug-likeness (QED) is 0.652. The minimum atomic E-state index is 1.22. The van der Waals surface area contributed by atoms with Crippen molar-refractivity contribution in [2.75, 3.05) is 0 Å². The summed E-state index contributed by atoms with van der Waals surface area (Å²) >= 11 is 0. The van der Waals surface area contributed by atoms with E-state index >= 15 is 0 Å². The van der Waals surface area contributed by atoms with Gasteiger partial charge in [0.25, 0.3) is 0 Å². The van der Waals surface area contributed by atoms with Gasteiger partial charge in [0.05, 0.1) is 0 Å². The highest BCUT2D eigenvalue weighted by Gasteiger charge is 1.98. The van der Waals surface area contributed by atoms with Crippen molar-refractivity contribution < 1.29 is 0 Å². The minimum Gasteiger partial charge on any atom is -0.0651 e. The van der Waals surface area contributed by atoms with Crippen LogP contribution in [0.5, 0.6) is 0 Å². The first-order chi connectivity index (χ1) is 6.27. The lowest BCUT2D eigenvalue weighted by Crippen LogP contribution is -1.92. The zero-order valence-corrected chi connectivity index (χ0v) is 9.06. The highest BCUT2D eigenvalue weighted by molar-refractivity contribution is 5.31. The highest BCUT2D eigenvalue weighted by Crippen LogP contribution is 2.14. The molecule has 0 atom stereocenters. The van der Waals surface area contributed by atoms with E-state index in [9.17, 15) is 0 Å². The van der Waals surface area contributed by atoms with Gasteiger partial charge in [-0.3, -0.25) is 0 Å². The van der Waals surface area contributed by atoms with Crippen LogP contribution in [0.1, 0.15) is 43.4 Å². The summed E-state index contributed by atoms with van der Waals surface area (Å²) in [6.07, 6.45) is 4.94. The average Bonchev–Trinajstić information content (AvgIpc) is 2.12. The fourth-order valence-corrected chi connectivity index (χ4v) is 1.71. The summed E-state index contributed by atoms with van der Waals surface area (Å²) in [4.78, 5) is 0. The molecule has 0 nitrogen and oxygen atoms in total. The molecule has 1 aromatic carbocycles. The van der Waals surface area contributed by atoms with Crippen LogP contribution in [-0.2, 0) is 12.8 Å². The molecule has 0 N–H and O–H groups in total. The third-order valence-electron chi connectivity index (χ3n) is 2.47. The molecule has 72 valence electrons. The van der Waals surface area contributed by atoms with Crippen LogP contribution in [-0.4, -0.2) is 0 Å². The molecule has 0 aliphatic carbocycles. The molecule has 0 spiro atoms. The maximum absolute atomic E-state index is 2.38. The van der Waals surface area contributed by atoms with Crippen LogP contribution in [0.15, 0.2) is 18.2 Å². The van der Waals surface area contributed by atoms with E-state index in [0.717, 1.165) is 0 Å². The van der Waals surface area contributed by atoms with Crippen LogP contribution >= 0.6 is 0 Å². The first kappa shape index (κ1) is 10.3. The third kappa shape index (κ3) is 2.87. The number of hydrogen-bond acceptors (Lipinski definition) is 0. The van der Waals surface area contributed by atoms with E-state index in [1.54, 1.807) is 0 Å². The van der Waals surface area contributed by atoms with Crippen molar-refractivity contribution in [3.8, 4) is 0 Å².